The first-order valence-electron chi connectivity index (χ1n) is 17.0. The van der Waals surface area contributed by atoms with Crippen LogP contribution in [0.1, 0.15) is 54.0 Å². The highest BCUT2D eigenvalue weighted by Crippen LogP contribution is 2.39. The molecule has 4 N–H and O–H groups in total. The molecule has 0 spiro atoms. The molecule has 0 aromatic heterocycles. The Balaban J connectivity index is 1.20. The summed E-state index contributed by atoms with van der Waals surface area (Å²) in [5, 5.41) is 12.8. The van der Waals surface area contributed by atoms with E-state index in [1.807, 2.05) is 0 Å². The number of nitrogens with zero attached hydrogens (tertiary/aromatic N) is 2. The Morgan fingerprint density at radius 3 is 1.70 bits per heavy atom. The number of amides is 4. The van der Waals surface area contributed by atoms with Crippen molar-refractivity contribution in [2.24, 2.45) is 10.2 Å². The molecule has 1 atom stereocenters. The van der Waals surface area contributed by atoms with Gasteiger partial charge in [0.25, 0.3) is 0 Å². The maximum Gasteiger partial charge on any atom is 0.418 e. The maximum atomic E-state index is 13.4. The van der Waals surface area contributed by atoms with Gasteiger partial charge in [-0.25, -0.2) is 10.9 Å². The van der Waals surface area contributed by atoms with Gasteiger partial charge in [-0.2, -0.15) is 36.5 Å². The molecule has 0 radical (unpaired) electrons. The average molecular weight is 797 g/mol. The minimum absolute atomic E-state index is 0.00164. The second-order valence-electron chi connectivity index (χ2n) is 12.3. The van der Waals surface area contributed by atoms with Gasteiger partial charge >= 0.3 is 12.4 Å². The van der Waals surface area contributed by atoms with Crippen LogP contribution in [-0.2, 0) is 31.5 Å². The van der Waals surface area contributed by atoms with Crippen LogP contribution in [0.2, 0.25) is 0 Å². The van der Waals surface area contributed by atoms with Crippen LogP contribution in [0, 0.1) is 0 Å². The molecule has 296 valence electrons. The molecule has 0 saturated carbocycles. The van der Waals surface area contributed by atoms with E-state index in [9.17, 15) is 45.5 Å². The van der Waals surface area contributed by atoms with Gasteiger partial charge in [0.1, 0.15) is 17.2 Å². The van der Waals surface area contributed by atoms with Crippen molar-refractivity contribution in [1.82, 2.24) is 10.9 Å². The first kappa shape index (κ1) is 39.8. The van der Waals surface area contributed by atoms with Gasteiger partial charge in [-0.05, 0) is 48.5 Å². The number of carbonyl (C=O) groups excluding carboxylic acids is 4. The molecule has 6 rings (SSSR count). The van der Waals surface area contributed by atoms with Gasteiger partial charge in [-0.1, -0.05) is 42.5 Å². The number of halogens is 6. The number of carbonyl (C=O) groups is 4. The molecule has 2 aliphatic rings. The number of benzene rings is 4. The second kappa shape index (κ2) is 16.8. The van der Waals surface area contributed by atoms with Gasteiger partial charge in [0.2, 0.25) is 30.4 Å². The van der Waals surface area contributed by atoms with Crippen LogP contribution in [0.25, 0.3) is 0 Å². The van der Waals surface area contributed by atoms with Crippen molar-refractivity contribution < 1.29 is 59.7 Å². The standard InChI is InChI=1S/C38H30F6N6O7/c39-37(40,41)23-8-2-4-10-25(23)45-30(51)15-17-32(53)47-49-34-22-7-1-6-12-27(22)57-36(21-13-14-28-29(19-21)56-20-55-28)35(34)50-48-33(54)18-16-31(52)46-26-11-5-3-9-24(26)38(42,43)44/h1-14,19,36H,15-18,20H2,(H,45,51)(H,46,52)(H,47,53)(H,48,54)/b49-34+,50-35+. The van der Waals surface area contributed by atoms with Crippen LogP contribution in [0.3, 0.4) is 0 Å². The van der Waals surface area contributed by atoms with Crippen molar-refractivity contribution in [2.75, 3.05) is 17.4 Å². The van der Waals surface area contributed by atoms with Gasteiger partial charge in [0.05, 0.1) is 22.5 Å². The summed E-state index contributed by atoms with van der Waals surface area (Å²) in [6.07, 6.45) is -12.6. The zero-order chi connectivity index (χ0) is 40.7. The molecule has 4 amide bonds. The highest BCUT2D eigenvalue weighted by Gasteiger charge is 2.36. The molecule has 2 heterocycles. The van der Waals surface area contributed by atoms with Crippen LogP contribution in [0.15, 0.2) is 101 Å². The molecule has 4 aromatic rings. The summed E-state index contributed by atoms with van der Waals surface area (Å²) in [6.45, 7) is -0.0366. The summed E-state index contributed by atoms with van der Waals surface area (Å²) in [5.74, 6) is -2.23. The summed E-state index contributed by atoms with van der Waals surface area (Å²) < 4.78 is 97.5. The molecule has 13 nitrogen and oxygen atoms in total. The first-order chi connectivity index (χ1) is 27.2. The third-order valence-electron chi connectivity index (χ3n) is 8.34. The van der Waals surface area contributed by atoms with Gasteiger partial charge in [-0.3, -0.25) is 19.2 Å². The van der Waals surface area contributed by atoms with Crippen molar-refractivity contribution in [3.63, 3.8) is 0 Å². The van der Waals surface area contributed by atoms with Gasteiger partial charge in [-0.15, -0.1) is 0 Å². The predicted octanol–water partition coefficient (Wildman–Crippen LogP) is 6.72. The van der Waals surface area contributed by atoms with E-state index >= 15 is 0 Å². The van der Waals surface area contributed by atoms with Crippen molar-refractivity contribution in [3.05, 3.63) is 113 Å². The van der Waals surface area contributed by atoms with E-state index in [0.29, 0.717) is 22.6 Å². The lowest BCUT2D eigenvalue weighted by Crippen LogP contribution is -2.37. The molecular weight excluding hydrogens is 766 g/mol. The van der Waals surface area contributed by atoms with Crippen molar-refractivity contribution >= 4 is 46.4 Å². The molecule has 2 aliphatic heterocycles. The van der Waals surface area contributed by atoms with E-state index in [1.165, 1.54) is 24.3 Å². The molecule has 0 fully saturated rings. The third-order valence-corrected chi connectivity index (χ3v) is 8.34. The fourth-order valence-electron chi connectivity index (χ4n) is 5.65. The number of alkyl halides is 6. The number of ether oxygens (including phenoxy) is 3. The van der Waals surface area contributed by atoms with Crippen LogP contribution in [0.4, 0.5) is 37.7 Å². The fraction of sp³-hybridized carbons (Fsp3) is 0.211. The first-order valence-corrected chi connectivity index (χ1v) is 17.0. The van der Waals surface area contributed by atoms with E-state index in [-0.39, 0.29) is 24.0 Å². The Kier molecular flexibility index (Phi) is 11.7. The molecule has 0 aliphatic carbocycles. The van der Waals surface area contributed by atoms with Crippen molar-refractivity contribution in [2.45, 2.75) is 44.1 Å². The minimum atomic E-state index is -4.73. The SMILES string of the molecule is O=C(CCC(=O)Nc1ccccc1C(F)(F)F)N/N=C1/C(=N\NC(=O)CCC(=O)Nc2ccccc2C(F)(F)F)C(c2ccc3c(c2)OCO3)Oc2ccccc21. The highest BCUT2D eigenvalue weighted by atomic mass is 19.4. The van der Waals surface area contributed by atoms with Crippen LogP contribution < -0.4 is 35.7 Å². The summed E-state index contributed by atoms with van der Waals surface area (Å²) in [4.78, 5) is 51.0. The number of hydrogen-bond donors (Lipinski definition) is 4. The Morgan fingerprint density at radius 1 is 0.596 bits per heavy atom. The summed E-state index contributed by atoms with van der Waals surface area (Å²) in [5.41, 5.74) is 2.27. The van der Waals surface area contributed by atoms with E-state index in [1.54, 1.807) is 42.5 Å². The van der Waals surface area contributed by atoms with Crippen LogP contribution >= 0.6 is 0 Å². The normalized spacial score (nSPS) is 16.0. The molecular formula is C38H30F6N6O7. The molecule has 19 heteroatoms. The van der Waals surface area contributed by atoms with Crippen LogP contribution in [0.5, 0.6) is 17.2 Å². The third kappa shape index (κ3) is 9.85. The quantitative estimate of drug-likeness (QED) is 0.0966. The van der Waals surface area contributed by atoms with E-state index in [4.69, 9.17) is 14.2 Å². The molecule has 57 heavy (non-hydrogen) atoms. The number of anilines is 2. The second-order valence-corrected chi connectivity index (χ2v) is 12.3. The topological polar surface area (TPSA) is 169 Å². The molecule has 0 saturated heterocycles. The number of hydrogen-bond acceptors (Lipinski definition) is 9. The Bertz CT molecular complexity index is 2260. The average Bonchev–Trinajstić information content (AvgIpc) is 3.65. The van der Waals surface area contributed by atoms with E-state index in [2.05, 4.69) is 31.7 Å². The summed E-state index contributed by atoms with van der Waals surface area (Å²) in [7, 11) is 0. The molecule has 0 bridgehead atoms. The zero-order valence-electron chi connectivity index (χ0n) is 29.3. The Hall–Kier alpha value is -6.92. The van der Waals surface area contributed by atoms with Gasteiger partial charge < -0.3 is 24.8 Å². The van der Waals surface area contributed by atoms with Gasteiger partial charge in [0.15, 0.2) is 17.6 Å². The number of fused-ring (bicyclic) bond motifs is 2. The number of para-hydroxylation sites is 3. The lowest BCUT2D eigenvalue weighted by atomic mass is 9.93. The van der Waals surface area contributed by atoms with Crippen LogP contribution in [-0.4, -0.2) is 41.8 Å². The van der Waals surface area contributed by atoms with Crippen molar-refractivity contribution in [3.8, 4) is 17.2 Å². The number of rotatable bonds is 11. The monoisotopic (exact) mass is 796 g/mol. The zero-order valence-corrected chi connectivity index (χ0v) is 29.3. The van der Waals surface area contributed by atoms with E-state index < -0.39 is 90.3 Å². The molecule has 4 aromatic carbocycles. The summed E-state index contributed by atoms with van der Waals surface area (Å²) in [6, 6.07) is 20.1. The minimum Gasteiger partial charge on any atom is -0.478 e. The fourth-order valence-corrected chi connectivity index (χ4v) is 5.65. The maximum absolute atomic E-state index is 13.4. The Labute approximate surface area is 319 Å². The molecule has 1 unspecified atom stereocenters. The lowest BCUT2D eigenvalue weighted by Gasteiger charge is -2.29. The van der Waals surface area contributed by atoms with E-state index in [0.717, 1.165) is 24.3 Å². The van der Waals surface area contributed by atoms with Gasteiger partial charge in [0, 0.05) is 36.8 Å². The summed E-state index contributed by atoms with van der Waals surface area (Å²) >= 11 is 0. The number of nitrogens with one attached hydrogen (secondary N) is 4. The smallest absolute Gasteiger partial charge is 0.418 e. The predicted molar refractivity (Wildman–Crippen MR) is 191 cm³/mol. The van der Waals surface area contributed by atoms with Crippen molar-refractivity contribution in [1.29, 1.82) is 0 Å². The lowest BCUT2D eigenvalue weighted by molar-refractivity contribution is -0.138. The number of hydrazone groups is 2. The highest BCUT2D eigenvalue weighted by molar-refractivity contribution is 6.51. The largest absolute Gasteiger partial charge is 0.478 e. The Morgan fingerprint density at radius 2 is 1.11 bits per heavy atom.